The predicted molar refractivity (Wildman–Crippen MR) is 107 cm³/mol. The fourth-order valence-electron chi connectivity index (χ4n) is 2.72. The molecule has 4 aromatic rings. The minimum Gasteiger partial charge on any atom is -0.464 e. The molecule has 0 aliphatic rings. The van der Waals surface area contributed by atoms with Gasteiger partial charge in [-0.15, -0.1) is 0 Å². The van der Waals surface area contributed by atoms with E-state index in [4.69, 9.17) is 4.42 Å². The number of Topliss-reactive ketones (excluding diaryl/α,β-unsaturated/α-hetero) is 1. The molecule has 7 nitrogen and oxygen atoms in total. The number of pyridine rings is 1. The van der Waals surface area contributed by atoms with Crippen LogP contribution < -0.4 is 5.43 Å². The van der Waals surface area contributed by atoms with E-state index in [1.54, 1.807) is 30.5 Å². The van der Waals surface area contributed by atoms with Gasteiger partial charge in [0, 0.05) is 16.8 Å². The van der Waals surface area contributed by atoms with Crippen LogP contribution in [0.2, 0.25) is 0 Å². The summed E-state index contributed by atoms with van der Waals surface area (Å²) in [7, 11) is 0. The van der Waals surface area contributed by atoms with E-state index in [1.807, 2.05) is 31.2 Å². The molecule has 27 heavy (non-hydrogen) atoms. The van der Waals surface area contributed by atoms with Gasteiger partial charge in [0.05, 0.1) is 11.6 Å². The molecule has 0 bridgehead atoms. The number of nitrogens with zero attached hydrogens (tertiary/aromatic N) is 3. The number of nitrogens with one attached hydrogen (secondary N) is 2. The van der Waals surface area contributed by atoms with E-state index >= 15 is 0 Å². The highest BCUT2D eigenvalue weighted by Crippen LogP contribution is 2.32. The largest absolute Gasteiger partial charge is 0.464 e. The molecular formula is C19H14BrN5O2. The molecule has 0 aliphatic carbocycles. The van der Waals surface area contributed by atoms with Gasteiger partial charge in [0.2, 0.25) is 5.78 Å². The molecule has 2 N–H and O–H groups in total. The minimum absolute atomic E-state index is 0.149. The third-order valence-corrected chi connectivity index (χ3v) is 4.47. The van der Waals surface area contributed by atoms with Crippen LogP contribution in [0.3, 0.4) is 0 Å². The Balaban J connectivity index is 1.70. The van der Waals surface area contributed by atoms with Gasteiger partial charge in [-0.05, 0) is 41.1 Å². The van der Waals surface area contributed by atoms with Gasteiger partial charge in [-0.2, -0.15) is 10.2 Å². The Kier molecular flexibility index (Phi) is 4.55. The zero-order valence-electron chi connectivity index (χ0n) is 14.2. The fourth-order valence-corrected chi connectivity index (χ4v) is 3.04. The van der Waals surface area contributed by atoms with Crippen LogP contribution in [0.5, 0.6) is 0 Å². The summed E-state index contributed by atoms with van der Waals surface area (Å²) in [6, 6.07) is 14.5. The Morgan fingerprint density at radius 3 is 2.78 bits per heavy atom. The number of halogens is 1. The lowest BCUT2D eigenvalue weighted by atomic mass is 10.1. The molecule has 0 aliphatic heterocycles. The number of anilines is 1. The van der Waals surface area contributed by atoms with Crippen molar-refractivity contribution >= 4 is 43.2 Å². The highest BCUT2D eigenvalue weighted by molar-refractivity contribution is 9.19. The summed E-state index contributed by atoms with van der Waals surface area (Å²) in [4.78, 5) is 16.8. The number of aryl methyl sites for hydroxylation is 1. The van der Waals surface area contributed by atoms with Crippen LogP contribution in [-0.4, -0.2) is 25.6 Å². The first kappa shape index (κ1) is 17.2. The summed E-state index contributed by atoms with van der Waals surface area (Å²) in [5.74, 6) is 0.979. The van der Waals surface area contributed by atoms with Crippen molar-refractivity contribution in [3.05, 3.63) is 66.1 Å². The topological polar surface area (TPSA) is 96.2 Å². The van der Waals surface area contributed by atoms with Gasteiger partial charge < -0.3 is 4.42 Å². The standard InChI is InChI=1S/C19H14BrN5O2/c1-11-10-13(14-8-5-9-27-14)15-18(21-11)23-25-19(15)24-22-17(20)16(26)12-6-3-2-4-7-12/h2-10H,1H3,(H2,21,23,24,25)/b22-17+. The quantitative estimate of drug-likeness (QED) is 0.279. The summed E-state index contributed by atoms with van der Waals surface area (Å²) in [5, 5.41) is 12.0. The average Bonchev–Trinajstić information content (AvgIpc) is 3.35. The van der Waals surface area contributed by atoms with Crippen LogP contribution >= 0.6 is 15.9 Å². The third-order valence-electron chi connectivity index (χ3n) is 3.93. The summed E-state index contributed by atoms with van der Waals surface area (Å²) < 4.78 is 5.68. The zero-order valence-corrected chi connectivity index (χ0v) is 15.8. The lowest BCUT2D eigenvalue weighted by Gasteiger charge is -2.04. The number of aromatic amines is 1. The van der Waals surface area contributed by atoms with Crippen LogP contribution in [0.25, 0.3) is 22.4 Å². The van der Waals surface area contributed by atoms with E-state index in [2.05, 4.69) is 41.6 Å². The molecule has 0 spiro atoms. The number of hydrogen-bond donors (Lipinski definition) is 2. The molecule has 4 rings (SSSR count). The van der Waals surface area contributed by atoms with Crippen molar-refractivity contribution in [1.82, 2.24) is 15.2 Å². The Morgan fingerprint density at radius 2 is 2.04 bits per heavy atom. The first-order valence-electron chi connectivity index (χ1n) is 8.12. The molecule has 0 saturated carbocycles. The number of carbonyl (C=O) groups excluding carboxylic acids is 1. The van der Waals surface area contributed by atoms with E-state index in [9.17, 15) is 4.79 Å². The summed E-state index contributed by atoms with van der Waals surface area (Å²) in [6.45, 7) is 1.89. The van der Waals surface area contributed by atoms with Gasteiger partial charge in [-0.3, -0.25) is 15.3 Å². The molecule has 0 fully saturated rings. The fraction of sp³-hybridized carbons (Fsp3) is 0.0526. The van der Waals surface area contributed by atoms with Crippen molar-refractivity contribution in [3.63, 3.8) is 0 Å². The molecule has 0 unspecified atom stereocenters. The van der Waals surface area contributed by atoms with Gasteiger partial charge in [-0.25, -0.2) is 4.98 Å². The number of rotatable bonds is 5. The molecule has 8 heteroatoms. The SMILES string of the molecule is Cc1cc(-c2ccco2)c2c(N/N=C(/Br)C(=O)c3ccccc3)[nH]nc2n1. The maximum Gasteiger partial charge on any atom is 0.220 e. The maximum atomic E-state index is 12.4. The molecule has 3 aromatic heterocycles. The molecule has 134 valence electrons. The molecule has 0 radical (unpaired) electrons. The number of benzene rings is 1. The lowest BCUT2D eigenvalue weighted by Crippen LogP contribution is -2.09. The van der Waals surface area contributed by atoms with Gasteiger partial charge in [-0.1, -0.05) is 30.3 Å². The molecule has 3 heterocycles. The molecule has 0 atom stereocenters. The summed E-state index contributed by atoms with van der Waals surface area (Å²) >= 11 is 3.23. The lowest BCUT2D eigenvalue weighted by molar-refractivity contribution is 0.106. The molecule has 0 amide bonds. The van der Waals surface area contributed by atoms with Crippen molar-refractivity contribution in [2.75, 3.05) is 5.43 Å². The van der Waals surface area contributed by atoms with Crippen molar-refractivity contribution in [1.29, 1.82) is 0 Å². The monoisotopic (exact) mass is 423 g/mol. The number of carbonyl (C=O) groups is 1. The Hall–Kier alpha value is -3.26. The highest BCUT2D eigenvalue weighted by Gasteiger charge is 2.16. The second kappa shape index (κ2) is 7.16. The smallest absolute Gasteiger partial charge is 0.220 e. The highest BCUT2D eigenvalue weighted by atomic mass is 79.9. The van der Waals surface area contributed by atoms with E-state index in [-0.39, 0.29) is 10.4 Å². The number of hydrazone groups is 1. The second-order valence-corrected chi connectivity index (χ2v) is 6.55. The minimum atomic E-state index is -0.229. The van der Waals surface area contributed by atoms with Crippen LogP contribution in [-0.2, 0) is 0 Å². The maximum absolute atomic E-state index is 12.4. The Morgan fingerprint density at radius 1 is 1.22 bits per heavy atom. The first-order chi connectivity index (χ1) is 13.1. The molecular weight excluding hydrogens is 410 g/mol. The Labute approximate surface area is 162 Å². The van der Waals surface area contributed by atoms with Crippen molar-refractivity contribution in [3.8, 4) is 11.3 Å². The molecule has 1 aromatic carbocycles. The van der Waals surface area contributed by atoms with E-state index in [0.29, 0.717) is 22.8 Å². The van der Waals surface area contributed by atoms with Crippen LogP contribution in [0.15, 0.2) is 64.3 Å². The van der Waals surface area contributed by atoms with Crippen molar-refractivity contribution in [2.24, 2.45) is 5.10 Å². The summed E-state index contributed by atoms with van der Waals surface area (Å²) in [6.07, 6.45) is 1.61. The number of hydrogen-bond acceptors (Lipinski definition) is 6. The van der Waals surface area contributed by atoms with Crippen molar-refractivity contribution in [2.45, 2.75) is 6.92 Å². The number of furan rings is 1. The van der Waals surface area contributed by atoms with Gasteiger partial charge in [0.15, 0.2) is 16.1 Å². The zero-order chi connectivity index (χ0) is 18.8. The number of H-pyrrole nitrogens is 1. The number of aromatic nitrogens is 3. The van der Waals surface area contributed by atoms with Gasteiger partial charge in [0.1, 0.15) is 5.76 Å². The van der Waals surface area contributed by atoms with E-state index < -0.39 is 0 Å². The van der Waals surface area contributed by atoms with Crippen LogP contribution in [0.1, 0.15) is 16.1 Å². The second-order valence-electron chi connectivity index (χ2n) is 5.80. The number of fused-ring (bicyclic) bond motifs is 1. The molecule has 0 saturated heterocycles. The third kappa shape index (κ3) is 3.39. The van der Waals surface area contributed by atoms with Crippen LogP contribution in [0.4, 0.5) is 5.82 Å². The van der Waals surface area contributed by atoms with Gasteiger partial charge >= 0.3 is 0 Å². The predicted octanol–water partition coefficient (Wildman–Crippen LogP) is 4.53. The average molecular weight is 424 g/mol. The number of ketones is 1. The normalized spacial score (nSPS) is 11.7. The van der Waals surface area contributed by atoms with Crippen molar-refractivity contribution < 1.29 is 9.21 Å². The van der Waals surface area contributed by atoms with Gasteiger partial charge in [0.25, 0.3) is 0 Å². The summed E-state index contributed by atoms with van der Waals surface area (Å²) in [5.41, 5.74) is 5.58. The Bertz CT molecular complexity index is 1130. The first-order valence-corrected chi connectivity index (χ1v) is 8.91. The van der Waals surface area contributed by atoms with E-state index in [0.717, 1.165) is 16.6 Å². The van der Waals surface area contributed by atoms with E-state index in [1.165, 1.54) is 0 Å². The van der Waals surface area contributed by atoms with Crippen LogP contribution in [0, 0.1) is 6.92 Å².